The molecule has 0 aromatic heterocycles. The van der Waals surface area contributed by atoms with Gasteiger partial charge in [0.2, 0.25) is 5.91 Å². The van der Waals surface area contributed by atoms with Crippen molar-refractivity contribution < 1.29 is 9.53 Å². The Hall–Kier alpha value is -0.780. The van der Waals surface area contributed by atoms with Crippen LogP contribution < -0.4 is 10.6 Å². The van der Waals surface area contributed by atoms with Crippen molar-refractivity contribution in [3.8, 4) is 0 Å². The second kappa shape index (κ2) is 7.53. The van der Waals surface area contributed by atoms with Gasteiger partial charge >= 0.3 is 0 Å². The van der Waals surface area contributed by atoms with E-state index in [1.54, 1.807) is 19.2 Å². The number of benzene rings is 1. The van der Waals surface area contributed by atoms with E-state index in [1.165, 1.54) is 0 Å². The maximum absolute atomic E-state index is 11.4. The highest BCUT2D eigenvalue weighted by Gasteiger charge is 2.03. The van der Waals surface area contributed by atoms with Gasteiger partial charge < -0.3 is 15.4 Å². The van der Waals surface area contributed by atoms with Crippen molar-refractivity contribution in [2.75, 3.05) is 32.1 Å². The largest absolute Gasteiger partial charge is 0.383 e. The lowest BCUT2D eigenvalue weighted by Gasteiger charge is -2.09. The topological polar surface area (TPSA) is 50.4 Å². The first-order valence-corrected chi connectivity index (χ1v) is 6.25. The Kier molecular flexibility index (Phi) is 6.32. The molecule has 1 rings (SSSR count). The van der Waals surface area contributed by atoms with Crippen LogP contribution in [0.15, 0.2) is 22.7 Å². The minimum Gasteiger partial charge on any atom is -0.383 e. The van der Waals surface area contributed by atoms with Crippen LogP contribution in [0.5, 0.6) is 0 Å². The van der Waals surface area contributed by atoms with E-state index < -0.39 is 0 Å². The van der Waals surface area contributed by atoms with Crippen molar-refractivity contribution in [1.29, 1.82) is 0 Å². The number of carbonyl (C=O) groups excluding carboxylic acids is 1. The predicted molar refractivity (Wildman–Crippen MR) is 72.5 cm³/mol. The zero-order chi connectivity index (χ0) is 12.7. The van der Waals surface area contributed by atoms with Gasteiger partial charge in [-0.25, -0.2) is 0 Å². The monoisotopic (exact) mass is 320 g/mol. The summed E-state index contributed by atoms with van der Waals surface area (Å²) in [6, 6.07) is 5.36. The molecule has 0 bridgehead atoms. The Labute approximate surface area is 114 Å². The van der Waals surface area contributed by atoms with Gasteiger partial charge in [-0.15, -0.1) is 0 Å². The maximum atomic E-state index is 11.4. The molecule has 0 atom stereocenters. The van der Waals surface area contributed by atoms with Crippen LogP contribution in [-0.2, 0) is 9.53 Å². The van der Waals surface area contributed by atoms with Crippen molar-refractivity contribution in [1.82, 2.24) is 5.32 Å². The highest BCUT2D eigenvalue weighted by molar-refractivity contribution is 9.10. The molecule has 0 unspecified atom stereocenters. The molecule has 0 aliphatic rings. The first-order chi connectivity index (χ1) is 8.13. The van der Waals surface area contributed by atoms with Crippen LogP contribution in [0.3, 0.4) is 0 Å². The van der Waals surface area contributed by atoms with E-state index in [4.69, 9.17) is 16.3 Å². The van der Waals surface area contributed by atoms with Gasteiger partial charge in [0, 0.05) is 23.1 Å². The number of anilines is 1. The van der Waals surface area contributed by atoms with Crippen LogP contribution in [0.1, 0.15) is 0 Å². The summed E-state index contributed by atoms with van der Waals surface area (Å²) in [6.45, 7) is 1.21. The van der Waals surface area contributed by atoms with Crippen LogP contribution >= 0.6 is 27.5 Å². The third-order valence-electron chi connectivity index (χ3n) is 2.00. The molecule has 2 N–H and O–H groups in total. The summed E-state index contributed by atoms with van der Waals surface area (Å²) in [7, 11) is 1.59. The van der Waals surface area contributed by atoms with Crippen molar-refractivity contribution in [3.05, 3.63) is 27.7 Å². The molecule has 17 heavy (non-hydrogen) atoms. The number of ether oxygens (including phenoxy) is 1. The molecule has 0 spiro atoms. The standard InChI is InChI=1S/C11H14BrClN2O2/c1-17-5-4-14-11(16)7-15-10-6-8(13)2-3-9(10)12/h2-3,6,15H,4-5,7H2,1H3,(H,14,16). The van der Waals surface area contributed by atoms with Gasteiger partial charge in [0.05, 0.1) is 18.8 Å². The van der Waals surface area contributed by atoms with Gasteiger partial charge in [-0.2, -0.15) is 0 Å². The minimum absolute atomic E-state index is 0.0890. The molecular weight excluding hydrogens is 307 g/mol. The number of hydrogen-bond acceptors (Lipinski definition) is 3. The number of amides is 1. The quantitative estimate of drug-likeness (QED) is 0.790. The van der Waals surface area contributed by atoms with Crippen molar-refractivity contribution in [2.24, 2.45) is 0 Å². The van der Waals surface area contributed by atoms with Crippen molar-refractivity contribution >= 4 is 39.1 Å². The van der Waals surface area contributed by atoms with Crippen LogP contribution in [0.2, 0.25) is 5.02 Å². The van der Waals surface area contributed by atoms with E-state index in [9.17, 15) is 4.79 Å². The molecule has 0 fully saturated rings. The summed E-state index contributed by atoms with van der Waals surface area (Å²) in [5, 5.41) is 6.33. The zero-order valence-corrected chi connectivity index (χ0v) is 11.8. The Bertz CT molecular complexity index is 388. The summed E-state index contributed by atoms with van der Waals surface area (Å²) < 4.78 is 5.70. The Morgan fingerprint density at radius 3 is 3.00 bits per heavy atom. The van der Waals surface area contributed by atoms with Crippen LogP contribution in [0, 0.1) is 0 Å². The molecule has 0 radical (unpaired) electrons. The molecule has 0 heterocycles. The first-order valence-electron chi connectivity index (χ1n) is 5.08. The smallest absolute Gasteiger partial charge is 0.239 e. The van der Waals surface area contributed by atoms with Gasteiger partial charge in [-0.05, 0) is 34.1 Å². The van der Waals surface area contributed by atoms with Gasteiger partial charge in [0.25, 0.3) is 0 Å². The fraction of sp³-hybridized carbons (Fsp3) is 0.364. The molecule has 0 aliphatic heterocycles. The summed E-state index contributed by atoms with van der Waals surface area (Å²) in [5.74, 6) is -0.0890. The Balaban J connectivity index is 2.39. The molecule has 1 aromatic rings. The number of hydrogen-bond donors (Lipinski definition) is 2. The van der Waals surface area contributed by atoms with E-state index in [0.29, 0.717) is 18.2 Å². The van der Waals surface area contributed by atoms with Crippen LogP contribution in [0.25, 0.3) is 0 Å². The van der Waals surface area contributed by atoms with E-state index in [1.807, 2.05) is 6.07 Å². The Morgan fingerprint density at radius 2 is 2.29 bits per heavy atom. The third-order valence-corrected chi connectivity index (χ3v) is 2.92. The number of rotatable bonds is 6. The molecule has 0 saturated carbocycles. The molecule has 0 aliphatic carbocycles. The lowest BCUT2D eigenvalue weighted by molar-refractivity contribution is -0.119. The van der Waals surface area contributed by atoms with Crippen LogP contribution in [-0.4, -0.2) is 32.7 Å². The normalized spacial score (nSPS) is 10.1. The molecular formula is C11H14BrClN2O2. The fourth-order valence-corrected chi connectivity index (χ4v) is 1.72. The Morgan fingerprint density at radius 1 is 1.53 bits per heavy atom. The lowest BCUT2D eigenvalue weighted by atomic mass is 10.3. The van der Waals surface area contributed by atoms with E-state index >= 15 is 0 Å². The van der Waals surface area contributed by atoms with Crippen molar-refractivity contribution in [2.45, 2.75) is 0 Å². The number of halogens is 2. The predicted octanol–water partition coefficient (Wildman–Crippen LogP) is 2.28. The molecule has 1 aromatic carbocycles. The lowest BCUT2D eigenvalue weighted by Crippen LogP contribution is -2.32. The average Bonchev–Trinajstić information content (AvgIpc) is 2.31. The van der Waals surface area contributed by atoms with E-state index in [0.717, 1.165) is 10.2 Å². The van der Waals surface area contributed by atoms with Gasteiger partial charge in [-0.3, -0.25) is 4.79 Å². The highest BCUT2D eigenvalue weighted by Crippen LogP contribution is 2.25. The summed E-state index contributed by atoms with van der Waals surface area (Å²) in [6.07, 6.45) is 0. The molecule has 1 amide bonds. The summed E-state index contributed by atoms with van der Waals surface area (Å²) in [4.78, 5) is 11.4. The number of nitrogens with one attached hydrogen (secondary N) is 2. The fourth-order valence-electron chi connectivity index (χ4n) is 1.16. The van der Waals surface area contributed by atoms with E-state index in [-0.39, 0.29) is 12.5 Å². The van der Waals surface area contributed by atoms with Crippen LogP contribution in [0.4, 0.5) is 5.69 Å². The maximum Gasteiger partial charge on any atom is 0.239 e. The zero-order valence-electron chi connectivity index (χ0n) is 9.43. The van der Waals surface area contributed by atoms with E-state index in [2.05, 4.69) is 26.6 Å². The highest BCUT2D eigenvalue weighted by atomic mass is 79.9. The van der Waals surface area contributed by atoms with Gasteiger partial charge in [0.1, 0.15) is 0 Å². The molecule has 6 heteroatoms. The second-order valence-electron chi connectivity index (χ2n) is 3.32. The number of methoxy groups -OCH3 is 1. The van der Waals surface area contributed by atoms with Gasteiger partial charge in [0.15, 0.2) is 0 Å². The summed E-state index contributed by atoms with van der Waals surface area (Å²) in [5.41, 5.74) is 0.791. The SMILES string of the molecule is COCCNC(=O)CNc1cc(Cl)ccc1Br. The first kappa shape index (κ1) is 14.3. The van der Waals surface area contributed by atoms with Gasteiger partial charge in [-0.1, -0.05) is 11.6 Å². The third kappa shape index (κ3) is 5.39. The number of carbonyl (C=O) groups is 1. The second-order valence-corrected chi connectivity index (χ2v) is 4.61. The molecule has 4 nitrogen and oxygen atoms in total. The average molecular weight is 322 g/mol. The molecule has 0 saturated heterocycles. The summed E-state index contributed by atoms with van der Waals surface area (Å²) >= 11 is 9.23. The van der Waals surface area contributed by atoms with Crippen molar-refractivity contribution in [3.63, 3.8) is 0 Å². The molecule has 94 valence electrons. The minimum atomic E-state index is -0.0890.